The summed E-state index contributed by atoms with van der Waals surface area (Å²) in [5.74, 6) is 0.0826. The van der Waals surface area contributed by atoms with Crippen LogP contribution in [0, 0.1) is 0 Å². The van der Waals surface area contributed by atoms with Gasteiger partial charge in [-0.1, -0.05) is 13.0 Å². The molecule has 0 aliphatic carbocycles. The molecule has 1 aromatic rings. The van der Waals surface area contributed by atoms with Crippen LogP contribution in [-0.2, 0) is 4.79 Å². The van der Waals surface area contributed by atoms with Crippen molar-refractivity contribution in [3.05, 3.63) is 30.1 Å². The van der Waals surface area contributed by atoms with Gasteiger partial charge in [0.15, 0.2) is 0 Å². The predicted molar refractivity (Wildman–Crippen MR) is 71.1 cm³/mol. The molecule has 0 unspecified atom stereocenters. The SMILES string of the molecule is C[C@@H](c1cccnc1)[C@@H](N)C(=O)N1CCCCC1. The third kappa shape index (κ3) is 2.88. The molecule has 2 atom stereocenters. The summed E-state index contributed by atoms with van der Waals surface area (Å²) in [6.07, 6.45) is 6.93. The fourth-order valence-corrected chi connectivity index (χ4v) is 2.39. The Labute approximate surface area is 108 Å². The van der Waals surface area contributed by atoms with Crippen molar-refractivity contribution in [2.45, 2.75) is 38.1 Å². The Morgan fingerprint density at radius 1 is 1.39 bits per heavy atom. The van der Waals surface area contributed by atoms with E-state index in [4.69, 9.17) is 5.73 Å². The fourth-order valence-electron chi connectivity index (χ4n) is 2.39. The van der Waals surface area contributed by atoms with Crippen molar-refractivity contribution in [2.75, 3.05) is 13.1 Å². The summed E-state index contributed by atoms with van der Waals surface area (Å²) < 4.78 is 0. The van der Waals surface area contributed by atoms with Gasteiger partial charge in [0.1, 0.15) is 0 Å². The number of carbonyl (C=O) groups excluding carboxylic acids is 1. The van der Waals surface area contributed by atoms with Gasteiger partial charge < -0.3 is 10.6 Å². The molecule has 2 heterocycles. The number of hydrogen-bond donors (Lipinski definition) is 1. The van der Waals surface area contributed by atoms with Crippen LogP contribution >= 0.6 is 0 Å². The molecule has 2 N–H and O–H groups in total. The van der Waals surface area contributed by atoms with Crippen LogP contribution in [0.4, 0.5) is 0 Å². The van der Waals surface area contributed by atoms with Crippen molar-refractivity contribution in [1.82, 2.24) is 9.88 Å². The van der Waals surface area contributed by atoms with E-state index in [9.17, 15) is 4.79 Å². The number of likely N-dealkylation sites (tertiary alicyclic amines) is 1. The van der Waals surface area contributed by atoms with Crippen LogP contribution in [0.2, 0.25) is 0 Å². The number of amides is 1. The van der Waals surface area contributed by atoms with Gasteiger partial charge in [-0.2, -0.15) is 0 Å². The second-order valence-corrected chi connectivity index (χ2v) is 4.99. The Balaban J connectivity index is 2.01. The smallest absolute Gasteiger partial charge is 0.240 e. The molecule has 4 heteroatoms. The van der Waals surface area contributed by atoms with Gasteiger partial charge in [0.25, 0.3) is 0 Å². The largest absolute Gasteiger partial charge is 0.341 e. The number of piperidine rings is 1. The topological polar surface area (TPSA) is 59.2 Å². The molecular formula is C14H21N3O. The van der Waals surface area contributed by atoms with E-state index in [2.05, 4.69) is 4.98 Å². The van der Waals surface area contributed by atoms with Crippen molar-refractivity contribution in [2.24, 2.45) is 5.73 Å². The molecular weight excluding hydrogens is 226 g/mol. The first-order chi connectivity index (χ1) is 8.70. The highest BCUT2D eigenvalue weighted by molar-refractivity contribution is 5.82. The number of aromatic nitrogens is 1. The summed E-state index contributed by atoms with van der Waals surface area (Å²) in [7, 11) is 0. The molecule has 1 aliphatic heterocycles. The van der Waals surface area contributed by atoms with Crippen molar-refractivity contribution < 1.29 is 4.79 Å². The zero-order valence-electron chi connectivity index (χ0n) is 10.9. The first kappa shape index (κ1) is 13.0. The minimum Gasteiger partial charge on any atom is -0.341 e. The quantitative estimate of drug-likeness (QED) is 0.881. The van der Waals surface area contributed by atoms with E-state index in [-0.39, 0.29) is 11.8 Å². The lowest BCUT2D eigenvalue weighted by Crippen LogP contribution is -2.48. The molecule has 1 aliphatic rings. The fraction of sp³-hybridized carbons (Fsp3) is 0.571. The van der Waals surface area contributed by atoms with Gasteiger partial charge in [-0.15, -0.1) is 0 Å². The molecule has 0 aromatic carbocycles. The van der Waals surface area contributed by atoms with Crippen LogP contribution < -0.4 is 5.73 Å². The summed E-state index contributed by atoms with van der Waals surface area (Å²) in [5, 5.41) is 0. The second kappa shape index (κ2) is 5.96. The summed E-state index contributed by atoms with van der Waals surface area (Å²) in [6.45, 7) is 3.70. The van der Waals surface area contributed by atoms with Crippen LogP contribution in [0.1, 0.15) is 37.7 Å². The minimum absolute atomic E-state index is 0.00752. The van der Waals surface area contributed by atoms with E-state index < -0.39 is 6.04 Å². The number of nitrogens with two attached hydrogens (primary N) is 1. The summed E-state index contributed by atoms with van der Waals surface area (Å²) in [5.41, 5.74) is 7.13. The van der Waals surface area contributed by atoms with Crippen molar-refractivity contribution in [3.8, 4) is 0 Å². The van der Waals surface area contributed by atoms with E-state index in [1.54, 1.807) is 12.4 Å². The molecule has 98 valence electrons. The first-order valence-corrected chi connectivity index (χ1v) is 6.64. The third-order valence-corrected chi connectivity index (χ3v) is 3.70. The minimum atomic E-state index is -0.465. The zero-order chi connectivity index (χ0) is 13.0. The highest BCUT2D eigenvalue weighted by Crippen LogP contribution is 2.19. The molecule has 2 rings (SSSR count). The Morgan fingerprint density at radius 3 is 2.72 bits per heavy atom. The number of pyridine rings is 1. The molecule has 0 bridgehead atoms. The average Bonchev–Trinajstić information content (AvgIpc) is 2.47. The molecule has 1 fully saturated rings. The van der Waals surface area contributed by atoms with Gasteiger partial charge in [0.2, 0.25) is 5.91 Å². The Hall–Kier alpha value is -1.42. The molecule has 0 radical (unpaired) electrons. The van der Waals surface area contributed by atoms with Crippen molar-refractivity contribution in [1.29, 1.82) is 0 Å². The Morgan fingerprint density at radius 2 is 2.11 bits per heavy atom. The monoisotopic (exact) mass is 247 g/mol. The first-order valence-electron chi connectivity index (χ1n) is 6.64. The molecule has 18 heavy (non-hydrogen) atoms. The van der Waals surface area contributed by atoms with Gasteiger partial charge in [0, 0.05) is 31.4 Å². The van der Waals surface area contributed by atoms with E-state index in [1.165, 1.54) is 6.42 Å². The molecule has 1 saturated heterocycles. The van der Waals surface area contributed by atoms with Gasteiger partial charge in [-0.05, 0) is 30.9 Å². The molecule has 0 spiro atoms. The number of rotatable bonds is 3. The zero-order valence-corrected chi connectivity index (χ0v) is 10.9. The van der Waals surface area contributed by atoms with Gasteiger partial charge in [0.05, 0.1) is 6.04 Å². The maximum Gasteiger partial charge on any atom is 0.240 e. The lowest BCUT2D eigenvalue weighted by molar-refractivity contribution is -0.133. The van der Waals surface area contributed by atoms with E-state index in [0.717, 1.165) is 31.5 Å². The second-order valence-electron chi connectivity index (χ2n) is 4.99. The maximum atomic E-state index is 12.3. The normalized spacial score (nSPS) is 19.3. The average molecular weight is 247 g/mol. The standard InChI is InChI=1S/C14H21N3O/c1-11(12-6-5-7-16-10-12)13(15)14(18)17-8-3-2-4-9-17/h5-7,10-11,13H,2-4,8-9,15H2,1H3/t11-,13+/m0/s1. The lowest BCUT2D eigenvalue weighted by Gasteiger charge is -2.31. The van der Waals surface area contributed by atoms with Crippen LogP contribution in [0.25, 0.3) is 0 Å². The lowest BCUT2D eigenvalue weighted by atomic mass is 9.94. The molecule has 1 amide bonds. The summed E-state index contributed by atoms with van der Waals surface area (Å²) in [4.78, 5) is 18.3. The van der Waals surface area contributed by atoms with Crippen LogP contribution in [0.3, 0.4) is 0 Å². The summed E-state index contributed by atoms with van der Waals surface area (Å²) >= 11 is 0. The molecule has 1 aromatic heterocycles. The summed E-state index contributed by atoms with van der Waals surface area (Å²) in [6, 6.07) is 3.39. The third-order valence-electron chi connectivity index (χ3n) is 3.70. The van der Waals surface area contributed by atoms with E-state index in [1.807, 2.05) is 24.0 Å². The van der Waals surface area contributed by atoms with Gasteiger partial charge in [-0.25, -0.2) is 0 Å². The van der Waals surface area contributed by atoms with Gasteiger partial charge >= 0.3 is 0 Å². The van der Waals surface area contributed by atoms with E-state index >= 15 is 0 Å². The molecule has 4 nitrogen and oxygen atoms in total. The van der Waals surface area contributed by atoms with Crippen molar-refractivity contribution in [3.63, 3.8) is 0 Å². The predicted octanol–water partition coefficient (Wildman–Crippen LogP) is 1.52. The Kier molecular flexibility index (Phi) is 4.31. The van der Waals surface area contributed by atoms with Crippen LogP contribution in [0.15, 0.2) is 24.5 Å². The van der Waals surface area contributed by atoms with E-state index in [0.29, 0.717) is 0 Å². The molecule has 0 saturated carbocycles. The Bertz CT molecular complexity index is 387. The van der Waals surface area contributed by atoms with Crippen LogP contribution in [0.5, 0.6) is 0 Å². The highest BCUT2D eigenvalue weighted by Gasteiger charge is 2.27. The van der Waals surface area contributed by atoms with Crippen molar-refractivity contribution >= 4 is 5.91 Å². The highest BCUT2D eigenvalue weighted by atomic mass is 16.2. The van der Waals surface area contributed by atoms with Gasteiger partial charge in [-0.3, -0.25) is 9.78 Å². The maximum absolute atomic E-state index is 12.3. The number of hydrogen-bond acceptors (Lipinski definition) is 3. The number of nitrogens with zero attached hydrogens (tertiary/aromatic N) is 2. The number of carbonyl (C=O) groups is 1. The van der Waals surface area contributed by atoms with Crippen LogP contribution in [-0.4, -0.2) is 34.9 Å².